The molecule has 2 heterocycles. The first kappa shape index (κ1) is 23.7. The molecule has 2 atom stereocenters. The molecule has 0 aromatic heterocycles. The zero-order chi connectivity index (χ0) is 23.6. The van der Waals surface area contributed by atoms with Crippen molar-refractivity contribution in [2.24, 2.45) is 0 Å². The van der Waals surface area contributed by atoms with Gasteiger partial charge in [0.15, 0.2) is 10.3 Å². The summed E-state index contributed by atoms with van der Waals surface area (Å²) in [5, 5.41) is -0.419. The highest BCUT2D eigenvalue weighted by Gasteiger charge is 2.64. The van der Waals surface area contributed by atoms with Gasteiger partial charge in [-0.15, -0.1) is 23.5 Å². The predicted molar refractivity (Wildman–Crippen MR) is 130 cm³/mol. The number of carbonyl (C=O) groups excluding carboxylic acids is 3. The first-order valence-electron chi connectivity index (χ1n) is 10.2. The lowest BCUT2D eigenvalue weighted by Crippen LogP contribution is -2.69. The second-order valence-corrected chi connectivity index (χ2v) is 10.5. The van der Waals surface area contributed by atoms with Gasteiger partial charge in [-0.05, 0) is 17.4 Å². The van der Waals surface area contributed by atoms with Gasteiger partial charge in [-0.1, -0.05) is 72.3 Å². The van der Waals surface area contributed by atoms with E-state index >= 15 is 0 Å². The van der Waals surface area contributed by atoms with Crippen LogP contribution in [0.15, 0.2) is 71.9 Å². The Labute approximate surface area is 205 Å². The van der Waals surface area contributed by atoms with Gasteiger partial charge >= 0.3 is 11.9 Å². The number of benzene rings is 2. The maximum atomic E-state index is 13.6. The van der Waals surface area contributed by atoms with E-state index in [-0.39, 0.29) is 18.2 Å². The van der Waals surface area contributed by atoms with Gasteiger partial charge in [0.05, 0.1) is 0 Å². The quantitative estimate of drug-likeness (QED) is 0.316. The Morgan fingerprint density at radius 2 is 1.73 bits per heavy atom. The van der Waals surface area contributed by atoms with Crippen molar-refractivity contribution in [1.29, 1.82) is 0 Å². The van der Waals surface area contributed by atoms with Crippen LogP contribution in [0.5, 0.6) is 0 Å². The second-order valence-electron chi connectivity index (χ2n) is 7.53. The Morgan fingerprint density at radius 1 is 1.15 bits per heavy atom. The number of halogens is 1. The Morgan fingerprint density at radius 3 is 2.24 bits per heavy atom. The van der Waals surface area contributed by atoms with Crippen LogP contribution in [0, 0.1) is 0 Å². The fourth-order valence-electron chi connectivity index (χ4n) is 3.77. The van der Waals surface area contributed by atoms with E-state index in [1.165, 1.54) is 35.3 Å². The lowest BCUT2D eigenvalue weighted by Gasteiger charge is -2.53. The third-order valence-corrected chi connectivity index (χ3v) is 8.92. The van der Waals surface area contributed by atoms with Crippen molar-refractivity contribution >= 4 is 53.0 Å². The molecule has 1 fully saturated rings. The summed E-state index contributed by atoms with van der Waals surface area (Å²) in [4.78, 5) is 39.3. The van der Waals surface area contributed by atoms with E-state index in [4.69, 9.17) is 21.1 Å². The number of esters is 2. The molecule has 2 aromatic carbocycles. The van der Waals surface area contributed by atoms with Crippen molar-refractivity contribution in [2.45, 2.75) is 22.6 Å². The molecule has 4 rings (SSSR count). The molecular weight excluding hydrogens is 482 g/mol. The fraction of sp³-hybridized carbons (Fsp3) is 0.292. The van der Waals surface area contributed by atoms with Crippen LogP contribution in [0.1, 0.15) is 24.2 Å². The van der Waals surface area contributed by atoms with Crippen molar-refractivity contribution < 1.29 is 23.9 Å². The lowest BCUT2D eigenvalue weighted by molar-refractivity contribution is -0.152. The molecule has 0 saturated carbocycles. The minimum atomic E-state index is -1.14. The van der Waals surface area contributed by atoms with E-state index in [0.717, 1.165) is 11.1 Å². The zero-order valence-electron chi connectivity index (χ0n) is 18.0. The first-order chi connectivity index (χ1) is 15.9. The summed E-state index contributed by atoms with van der Waals surface area (Å²) in [6, 6.07) is 18.8. The van der Waals surface area contributed by atoms with Crippen LogP contribution in [0.2, 0.25) is 0 Å². The number of fused-ring (bicyclic) bond motifs is 1. The van der Waals surface area contributed by atoms with Gasteiger partial charge < -0.3 is 9.47 Å². The number of amides is 1. The van der Waals surface area contributed by atoms with Crippen molar-refractivity contribution in [1.82, 2.24) is 4.90 Å². The molecule has 0 unspecified atom stereocenters. The molecule has 172 valence electrons. The first-order valence-corrected chi connectivity index (χ1v) is 12.9. The molecule has 1 amide bonds. The average Bonchev–Trinajstić information content (AvgIpc) is 2.85. The number of β-lactam (4-membered cyclic amide) rings is 1. The molecule has 0 aliphatic carbocycles. The van der Waals surface area contributed by atoms with Gasteiger partial charge in [-0.2, -0.15) is 0 Å². The summed E-state index contributed by atoms with van der Waals surface area (Å²) < 4.78 is 10.0. The van der Waals surface area contributed by atoms with E-state index in [0.29, 0.717) is 11.3 Å². The average molecular weight is 504 g/mol. The van der Waals surface area contributed by atoms with Crippen molar-refractivity contribution in [3.63, 3.8) is 0 Å². The molecule has 2 aliphatic rings. The maximum Gasteiger partial charge on any atom is 0.356 e. The Bertz CT molecular complexity index is 1060. The number of nitrogens with zero attached hydrogens (tertiary/aromatic N) is 1. The van der Waals surface area contributed by atoms with Crippen molar-refractivity contribution in [3.05, 3.63) is 83.1 Å². The molecule has 33 heavy (non-hydrogen) atoms. The highest BCUT2D eigenvalue weighted by Crippen LogP contribution is 2.54. The molecule has 9 heteroatoms. The third kappa shape index (κ3) is 4.52. The minimum Gasteiger partial charge on any atom is -0.461 e. The SMILES string of the molecule is CS[C@]1(Cl)C(=O)N2C(C(=O)OC(c3ccccc3)c3ccccc3)=C(COC(C)=O)CS[C@@H]21. The van der Waals surface area contributed by atoms with Gasteiger partial charge in [0.25, 0.3) is 5.91 Å². The number of hydrogen-bond donors (Lipinski definition) is 0. The highest BCUT2D eigenvalue weighted by molar-refractivity contribution is 8.06. The number of alkyl halides is 1. The lowest BCUT2D eigenvalue weighted by atomic mass is 10.0. The smallest absolute Gasteiger partial charge is 0.356 e. The van der Waals surface area contributed by atoms with Crippen LogP contribution in [-0.2, 0) is 23.9 Å². The number of rotatable bonds is 7. The van der Waals surface area contributed by atoms with Gasteiger partial charge in [0.1, 0.15) is 17.7 Å². The number of hydrogen-bond acceptors (Lipinski definition) is 7. The summed E-state index contributed by atoms with van der Waals surface area (Å²) in [5.74, 6) is -1.12. The zero-order valence-corrected chi connectivity index (χ0v) is 20.4. The molecule has 0 radical (unpaired) electrons. The summed E-state index contributed by atoms with van der Waals surface area (Å²) in [7, 11) is 0. The Kier molecular flexibility index (Phi) is 7.07. The summed E-state index contributed by atoms with van der Waals surface area (Å²) in [6.45, 7) is 1.20. The van der Waals surface area contributed by atoms with E-state index < -0.39 is 27.6 Å². The fourth-order valence-corrected chi connectivity index (χ4v) is 6.47. The molecule has 0 bridgehead atoms. The monoisotopic (exact) mass is 503 g/mol. The molecule has 2 aromatic rings. The number of carbonyl (C=O) groups is 3. The van der Waals surface area contributed by atoms with Crippen molar-refractivity contribution in [2.75, 3.05) is 18.6 Å². The number of ether oxygens (including phenoxy) is 2. The molecule has 2 aliphatic heterocycles. The van der Waals surface area contributed by atoms with E-state index in [9.17, 15) is 14.4 Å². The Hall–Kier alpha value is -2.42. The minimum absolute atomic E-state index is 0.0981. The number of thioether (sulfide) groups is 2. The molecule has 6 nitrogen and oxygen atoms in total. The largest absolute Gasteiger partial charge is 0.461 e. The maximum absolute atomic E-state index is 13.6. The van der Waals surface area contributed by atoms with E-state index in [1.807, 2.05) is 60.7 Å². The summed E-state index contributed by atoms with van der Waals surface area (Å²) in [5.41, 5.74) is 2.22. The highest BCUT2D eigenvalue weighted by atomic mass is 35.5. The van der Waals surface area contributed by atoms with Crippen molar-refractivity contribution in [3.8, 4) is 0 Å². The van der Waals surface area contributed by atoms with Gasteiger partial charge in [0, 0.05) is 18.2 Å². The van der Waals surface area contributed by atoms with Crippen LogP contribution in [-0.4, -0.2) is 50.9 Å². The molecule has 0 N–H and O–H groups in total. The van der Waals surface area contributed by atoms with Crippen LogP contribution in [0.3, 0.4) is 0 Å². The van der Waals surface area contributed by atoms with E-state index in [1.54, 1.807) is 6.26 Å². The van der Waals surface area contributed by atoms with E-state index in [2.05, 4.69) is 0 Å². The topological polar surface area (TPSA) is 72.9 Å². The van der Waals surface area contributed by atoms with Gasteiger partial charge in [-0.3, -0.25) is 14.5 Å². The van der Waals surface area contributed by atoms with Gasteiger partial charge in [0.2, 0.25) is 0 Å². The van der Waals surface area contributed by atoms with Gasteiger partial charge in [-0.25, -0.2) is 4.79 Å². The standard InChI is InChI=1S/C24H22ClNO5S2/c1-15(27)30-13-18-14-33-23-24(25,32-2)22(29)26(23)19(18)21(28)31-20(16-9-5-3-6-10-16)17-11-7-4-8-12-17/h3-12,20,23H,13-14H2,1-2H3/t23-,24-/m1/s1. The van der Waals surface area contributed by atoms with Crippen LogP contribution < -0.4 is 0 Å². The molecular formula is C24H22ClNO5S2. The third-order valence-electron chi connectivity index (χ3n) is 5.42. The van der Waals surface area contributed by atoms with Crippen LogP contribution in [0.4, 0.5) is 0 Å². The second kappa shape index (κ2) is 9.83. The predicted octanol–water partition coefficient (Wildman–Crippen LogP) is 4.35. The van der Waals surface area contributed by atoms with Crippen LogP contribution >= 0.6 is 35.1 Å². The summed E-state index contributed by atoms with van der Waals surface area (Å²) in [6.07, 6.45) is 1.09. The Balaban J connectivity index is 1.70. The molecule has 1 saturated heterocycles. The van der Waals surface area contributed by atoms with Crippen LogP contribution in [0.25, 0.3) is 0 Å². The molecule has 0 spiro atoms. The summed E-state index contributed by atoms with van der Waals surface area (Å²) >= 11 is 9.23. The normalized spacial score (nSPS) is 22.0.